The van der Waals surface area contributed by atoms with E-state index >= 15 is 0 Å². The molecule has 0 aliphatic rings. The number of rotatable bonds is 4. The highest BCUT2D eigenvalue weighted by Crippen LogP contribution is 2.40. The van der Waals surface area contributed by atoms with Crippen molar-refractivity contribution in [3.8, 4) is 0 Å². The summed E-state index contributed by atoms with van der Waals surface area (Å²) in [6.07, 6.45) is -0.833. The van der Waals surface area contributed by atoms with Gasteiger partial charge in [-0.25, -0.2) is 0 Å². The van der Waals surface area contributed by atoms with Crippen molar-refractivity contribution in [3.05, 3.63) is 0 Å². The number of carboxylic acids is 1. The highest BCUT2D eigenvalue weighted by Gasteiger charge is 2.22. The van der Waals surface area contributed by atoms with Gasteiger partial charge >= 0.3 is 13.6 Å². The van der Waals surface area contributed by atoms with Gasteiger partial charge in [0.15, 0.2) is 0 Å². The Bertz CT molecular complexity index is 165. The van der Waals surface area contributed by atoms with Crippen molar-refractivity contribution in [3.63, 3.8) is 0 Å². The minimum absolute atomic E-state index is 0.0427. The van der Waals surface area contributed by atoms with Crippen LogP contribution in [0.2, 0.25) is 0 Å². The van der Waals surface area contributed by atoms with Crippen molar-refractivity contribution in [1.82, 2.24) is 0 Å². The summed E-state index contributed by atoms with van der Waals surface area (Å²) in [6.45, 7) is 1.56. The van der Waals surface area contributed by atoms with Crippen molar-refractivity contribution in [2.24, 2.45) is 0 Å². The van der Waals surface area contributed by atoms with Crippen LogP contribution in [0.5, 0.6) is 0 Å². The maximum absolute atomic E-state index is 10.6. The highest BCUT2D eigenvalue weighted by atomic mass is 31.2. The zero-order valence-electron chi connectivity index (χ0n) is 5.48. The third-order valence-corrected chi connectivity index (χ3v) is 2.00. The molecule has 0 saturated heterocycles. The first kappa shape index (κ1) is 9.62. The molecule has 0 aromatic heterocycles. The Balaban J connectivity index is 3.87. The first-order chi connectivity index (χ1) is 4.48. The summed E-state index contributed by atoms with van der Waals surface area (Å²) in [5.41, 5.74) is 0. The minimum atomic E-state index is -3.85. The zero-order valence-corrected chi connectivity index (χ0v) is 6.38. The number of hydrogen-bond acceptors (Lipinski definition) is 3. The van der Waals surface area contributed by atoms with E-state index < -0.39 is 19.7 Å². The Morgan fingerprint density at radius 1 is 1.70 bits per heavy atom. The average Bonchev–Trinajstić information content (AvgIpc) is 1.59. The quantitative estimate of drug-likeness (QED) is 0.589. The molecule has 2 N–H and O–H groups in total. The Labute approximate surface area is 58.2 Å². The smallest absolute Gasteiger partial charge is 0.339 e. The van der Waals surface area contributed by atoms with E-state index in [1.165, 1.54) is 6.92 Å². The van der Waals surface area contributed by atoms with E-state index in [4.69, 9.17) is 10.00 Å². The molecule has 0 aliphatic heterocycles. The van der Waals surface area contributed by atoms with Crippen molar-refractivity contribution >= 4 is 13.6 Å². The van der Waals surface area contributed by atoms with E-state index in [1.54, 1.807) is 0 Å². The van der Waals surface area contributed by atoms with Gasteiger partial charge in [-0.3, -0.25) is 9.36 Å². The molecular weight excluding hydrogens is 159 g/mol. The standard InChI is InChI=1S/C4H9O5P/c1-2-9-10(7,8)3-4(5)6/h2-3H2,1H3,(H,5,6)(H,7,8). The molecule has 0 heterocycles. The van der Waals surface area contributed by atoms with Gasteiger partial charge in [0, 0.05) is 0 Å². The molecule has 6 heteroatoms. The van der Waals surface area contributed by atoms with Crippen LogP contribution in [0.15, 0.2) is 0 Å². The highest BCUT2D eigenvalue weighted by molar-refractivity contribution is 7.53. The second kappa shape index (κ2) is 3.71. The van der Waals surface area contributed by atoms with Gasteiger partial charge in [0.05, 0.1) is 6.61 Å². The van der Waals surface area contributed by atoms with Gasteiger partial charge in [0.1, 0.15) is 6.16 Å². The number of carbonyl (C=O) groups is 1. The predicted octanol–water partition coefficient (Wildman–Crippen LogP) is 0.293. The second-order valence-corrected chi connectivity index (χ2v) is 3.46. The summed E-state index contributed by atoms with van der Waals surface area (Å²) in [5, 5.41) is 8.06. The Morgan fingerprint density at radius 3 is 2.50 bits per heavy atom. The molecule has 0 aromatic rings. The average molecular weight is 168 g/mol. The van der Waals surface area contributed by atoms with Gasteiger partial charge in [-0.2, -0.15) is 0 Å². The lowest BCUT2D eigenvalue weighted by molar-refractivity contribution is -0.134. The summed E-state index contributed by atoms with van der Waals surface area (Å²) < 4.78 is 14.8. The van der Waals surface area contributed by atoms with Crippen molar-refractivity contribution in [2.45, 2.75) is 6.92 Å². The van der Waals surface area contributed by atoms with Crippen LogP contribution in [-0.4, -0.2) is 28.7 Å². The molecule has 1 unspecified atom stereocenters. The molecule has 5 nitrogen and oxygen atoms in total. The summed E-state index contributed by atoms with van der Waals surface area (Å²) in [5.74, 6) is -1.33. The van der Waals surface area contributed by atoms with E-state index in [2.05, 4.69) is 4.52 Å². The fraction of sp³-hybridized carbons (Fsp3) is 0.750. The SMILES string of the molecule is CCOP(=O)(O)CC(=O)O. The van der Waals surface area contributed by atoms with Crippen molar-refractivity contribution < 1.29 is 23.9 Å². The number of carboxylic acid groups (broad SMARTS) is 1. The van der Waals surface area contributed by atoms with Gasteiger partial charge in [0.2, 0.25) is 0 Å². The minimum Gasteiger partial charge on any atom is -0.481 e. The molecule has 0 aliphatic carbocycles. The van der Waals surface area contributed by atoms with Gasteiger partial charge in [-0.1, -0.05) is 0 Å². The first-order valence-corrected chi connectivity index (χ1v) is 4.42. The van der Waals surface area contributed by atoms with Crippen molar-refractivity contribution in [2.75, 3.05) is 12.8 Å². The third kappa shape index (κ3) is 4.49. The summed E-state index contributed by atoms with van der Waals surface area (Å²) in [4.78, 5) is 18.5. The zero-order chi connectivity index (χ0) is 8.20. The predicted molar refractivity (Wildman–Crippen MR) is 34.0 cm³/mol. The molecule has 0 saturated carbocycles. The second-order valence-electron chi connectivity index (χ2n) is 1.61. The molecule has 0 fully saturated rings. The third-order valence-electron chi connectivity index (χ3n) is 0.666. The Morgan fingerprint density at radius 2 is 2.20 bits per heavy atom. The maximum atomic E-state index is 10.6. The summed E-state index contributed by atoms with van der Waals surface area (Å²) in [7, 11) is -3.85. The summed E-state index contributed by atoms with van der Waals surface area (Å²) in [6, 6.07) is 0. The molecule has 1 atom stereocenters. The van der Waals surface area contributed by atoms with Gasteiger partial charge in [0.25, 0.3) is 0 Å². The molecule has 0 aromatic carbocycles. The maximum Gasteiger partial charge on any atom is 0.339 e. The van der Waals surface area contributed by atoms with Gasteiger partial charge < -0.3 is 14.5 Å². The molecule has 0 spiro atoms. The number of aliphatic carboxylic acids is 1. The Hall–Kier alpha value is -0.380. The topological polar surface area (TPSA) is 83.8 Å². The molecule has 60 valence electrons. The Kier molecular flexibility index (Phi) is 3.57. The van der Waals surface area contributed by atoms with Crippen LogP contribution in [0.25, 0.3) is 0 Å². The molecule has 10 heavy (non-hydrogen) atoms. The normalized spacial score (nSPS) is 16.2. The van der Waals surface area contributed by atoms with Crippen LogP contribution in [0.4, 0.5) is 0 Å². The van der Waals surface area contributed by atoms with Crippen molar-refractivity contribution in [1.29, 1.82) is 0 Å². The lowest BCUT2D eigenvalue weighted by Gasteiger charge is -2.06. The molecule has 0 bridgehead atoms. The fourth-order valence-corrected chi connectivity index (χ4v) is 1.25. The molecule has 0 amide bonds. The van der Waals surface area contributed by atoms with Crippen LogP contribution >= 0.6 is 7.60 Å². The van der Waals surface area contributed by atoms with Crippen LogP contribution in [-0.2, 0) is 13.9 Å². The van der Waals surface area contributed by atoms with Gasteiger partial charge in [-0.15, -0.1) is 0 Å². The fourth-order valence-electron chi connectivity index (χ4n) is 0.418. The molecule has 0 radical (unpaired) electrons. The van der Waals surface area contributed by atoms with Crippen LogP contribution in [0.3, 0.4) is 0 Å². The van der Waals surface area contributed by atoms with Gasteiger partial charge in [-0.05, 0) is 6.92 Å². The largest absolute Gasteiger partial charge is 0.481 e. The number of hydrogen-bond donors (Lipinski definition) is 2. The van der Waals surface area contributed by atoms with Crippen LogP contribution in [0.1, 0.15) is 6.92 Å². The lowest BCUT2D eigenvalue weighted by atomic mass is 10.8. The molecule has 0 rings (SSSR count). The lowest BCUT2D eigenvalue weighted by Crippen LogP contribution is -2.05. The van der Waals surface area contributed by atoms with E-state index in [0.29, 0.717) is 0 Å². The van der Waals surface area contributed by atoms with Crippen LogP contribution < -0.4 is 0 Å². The molecular formula is C4H9O5P. The van der Waals surface area contributed by atoms with E-state index in [0.717, 1.165) is 0 Å². The van der Waals surface area contributed by atoms with E-state index in [1.807, 2.05) is 0 Å². The van der Waals surface area contributed by atoms with E-state index in [-0.39, 0.29) is 6.61 Å². The van der Waals surface area contributed by atoms with Crippen LogP contribution in [0, 0.1) is 0 Å². The summed E-state index contributed by atoms with van der Waals surface area (Å²) >= 11 is 0. The van der Waals surface area contributed by atoms with E-state index in [9.17, 15) is 9.36 Å². The first-order valence-electron chi connectivity index (χ1n) is 2.66. The monoisotopic (exact) mass is 168 g/mol.